The number of hydrogen-bond acceptors (Lipinski definition) is 6. The van der Waals surface area contributed by atoms with Gasteiger partial charge >= 0.3 is 5.69 Å². The molecule has 0 fully saturated rings. The highest BCUT2D eigenvalue weighted by atomic mass is 35.5. The Morgan fingerprint density at radius 1 is 1.03 bits per heavy atom. The molecule has 0 unspecified atom stereocenters. The zero-order valence-electron chi connectivity index (χ0n) is 18.3. The van der Waals surface area contributed by atoms with Crippen molar-refractivity contribution in [2.75, 3.05) is 5.32 Å². The minimum Gasteiger partial charge on any atom is -0.508 e. The van der Waals surface area contributed by atoms with Gasteiger partial charge in [-0.05, 0) is 72.9 Å². The summed E-state index contributed by atoms with van der Waals surface area (Å²) in [6.45, 7) is 0.392. The van der Waals surface area contributed by atoms with Gasteiger partial charge in [0.2, 0.25) is 0 Å². The highest BCUT2D eigenvalue weighted by molar-refractivity contribution is 6.37. The average Bonchev–Trinajstić information content (AvgIpc) is 3.29. The van der Waals surface area contributed by atoms with Crippen LogP contribution in [-0.4, -0.2) is 19.9 Å². The van der Waals surface area contributed by atoms with Crippen molar-refractivity contribution in [2.45, 2.75) is 25.8 Å². The molecule has 1 aliphatic rings. The number of aryl methyl sites for hydroxylation is 2. The van der Waals surface area contributed by atoms with Crippen LogP contribution < -0.4 is 21.3 Å². The summed E-state index contributed by atoms with van der Waals surface area (Å²) >= 11 is 12.8. The maximum Gasteiger partial charge on any atom is 0.349 e. The second kappa shape index (κ2) is 9.48. The van der Waals surface area contributed by atoms with Gasteiger partial charge < -0.3 is 15.2 Å². The summed E-state index contributed by atoms with van der Waals surface area (Å²) < 4.78 is 6.88. The van der Waals surface area contributed by atoms with E-state index in [0.29, 0.717) is 17.9 Å². The van der Waals surface area contributed by atoms with Gasteiger partial charge in [-0.2, -0.15) is 9.78 Å². The van der Waals surface area contributed by atoms with E-state index in [2.05, 4.69) is 27.5 Å². The summed E-state index contributed by atoms with van der Waals surface area (Å²) in [5.74, 6) is 0.726. The summed E-state index contributed by atoms with van der Waals surface area (Å²) in [6, 6.07) is 14.1. The number of ether oxygens (including phenoxy) is 1. The highest BCUT2D eigenvalue weighted by Gasteiger charge is 2.15. The molecular formula is C25H20Cl2N4O4. The van der Waals surface area contributed by atoms with Crippen LogP contribution in [0.2, 0.25) is 10.0 Å². The molecule has 0 saturated heterocycles. The number of benzene rings is 3. The van der Waals surface area contributed by atoms with Crippen LogP contribution in [0, 0.1) is 0 Å². The smallest absolute Gasteiger partial charge is 0.349 e. The first kappa shape index (κ1) is 23.0. The molecule has 5 rings (SSSR count). The van der Waals surface area contributed by atoms with Gasteiger partial charge in [-0.25, -0.2) is 4.79 Å². The predicted molar refractivity (Wildman–Crippen MR) is 134 cm³/mol. The number of phenols is 1. The Bertz CT molecular complexity index is 1520. The molecule has 178 valence electrons. The Morgan fingerprint density at radius 3 is 2.57 bits per heavy atom. The summed E-state index contributed by atoms with van der Waals surface area (Å²) in [7, 11) is 0. The number of phenolic OH excluding ortho intramolecular Hbond substituents is 1. The first-order chi connectivity index (χ1) is 16.9. The molecule has 8 nitrogen and oxygen atoms in total. The Morgan fingerprint density at radius 2 is 1.80 bits per heavy atom. The summed E-state index contributed by atoms with van der Waals surface area (Å²) in [6.07, 6.45) is 4.37. The molecule has 0 bridgehead atoms. The monoisotopic (exact) mass is 510 g/mol. The van der Waals surface area contributed by atoms with Crippen LogP contribution in [-0.2, 0) is 19.4 Å². The Balaban J connectivity index is 1.36. The van der Waals surface area contributed by atoms with Crippen LogP contribution >= 0.6 is 23.2 Å². The Labute approximate surface area is 209 Å². The van der Waals surface area contributed by atoms with Gasteiger partial charge in [0.05, 0.1) is 15.7 Å². The minimum atomic E-state index is -0.725. The maximum absolute atomic E-state index is 12.0. The van der Waals surface area contributed by atoms with E-state index in [9.17, 15) is 14.7 Å². The lowest BCUT2D eigenvalue weighted by molar-refractivity contribution is 0.459. The molecule has 1 heterocycles. The molecule has 0 aliphatic heterocycles. The second-order valence-electron chi connectivity index (χ2n) is 8.17. The molecule has 0 atom stereocenters. The third-order valence-corrected chi connectivity index (χ3v) is 6.35. The third kappa shape index (κ3) is 4.89. The van der Waals surface area contributed by atoms with E-state index in [0.717, 1.165) is 29.4 Å². The molecule has 35 heavy (non-hydrogen) atoms. The van der Waals surface area contributed by atoms with Crippen molar-refractivity contribution in [2.24, 2.45) is 0 Å². The number of halogens is 2. The number of aromatic hydroxyl groups is 1. The largest absolute Gasteiger partial charge is 0.508 e. The zero-order chi connectivity index (χ0) is 24.5. The predicted octanol–water partition coefficient (Wildman–Crippen LogP) is 4.83. The first-order valence-electron chi connectivity index (χ1n) is 10.9. The Hall–Kier alpha value is -3.75. The van der Waals surface area contributed by atoms with E-state index in [1.807, 2.05) is 6.07 Å². The van der Waals surface area contributed by atoms with Crippen LogP contribution in [0.25, 0.3) is 5.69 Å². The van der Waals surface area contributed by atoms with Gasteiger partial charge in [-0.15, -0.1) is 0 Å². The average molecular weight is 511 g/mol. The fourth-order valence-corrected chi connectivity index (χ4v) is 4.62. The van der Waals surface area contributed by atoms with Crippen molar-refractivity contribution in [3.63, 3.8) is 0 Å². The minimum absolute atomic E-state index is 0.127. The Kier molecular flexibility index (Phi) is 6.23. The van der Waals surface area contributed by atoms with E-state index >= 15 is 0 Å². The molecule has 10 heteroatoms. The molecule has 1 aromatic heterocycles. The number of nitrogens with zero attached hydrogens (tertiary/aromatic N) is 2. The van der Waals surface area contributed by atoms with Crippen molar-refractivity contribution in [1.29, 1.82) is 0 Å². The van der Waals surface area contributed by atoms with Crippen molar-refractivity contribution < 1.29 is 9.84 Å². The second-order valence-corrected chi connectivity index (χ2v) is 8.99. The number of H-pyrrole nitrogens is 1. The number of aromatic amines is 1. The lowest BCUT2D eigenvalue weighted by Gasteiger charge is -2.14. The molecule has 0 radical (unpaired) electrons. The quantitative estimate of drug-likeness (QED) is 0.342. The van der Waals surface area contributed by atoms with Crippen molar-refractivity contribution in [3.8, 4) is 22.9 Å². The number of fused-ring (bicyclic) bond motifs is 1. The molecular weight excluding hydrogens is 491 g/mol. The van der Waals surface area contributed by atoms with E-state index < -0.39 is 11.2 Å². The molecule has 3 aromatic carbocycles. The van der Waals surface area contributed by atoms with Gasteiger partial charge in [-0.3, -0.25) is 9.78 Å². The SMILES string of the molecule is O=c1cnn(-c2cc(Cl)c(Oc3ccc(O)c(CNc4ccc5c(c4)CCC5)c3)c(Cl)c2)c(=O)[nH]1. The van der Waals surface area contributed by atoms with Crippen LogP contribution in [0.3, 0.4) is 0 Å². The maximum atomic E-state index is 12.0. The third-order valence-electron chi connectivity index (χ3n) is 5.79. The lowest BCUT2D eigenvalue weighted by atomic mass is 10.1. The zero-order valence-corrected chi connectivity index (χ0v) is 19.9. The van der Waals surface area contributed by atoms with Crippen molar-refractivity contribution >= 4 is 28.9 Å². The van der Waals surface area contributed by atoms with Crippen LogP contribution in [0.4, 0.5) is 5.69 Å². The molecule has 4 aromatic rings. The van der Waals surface area contributed by atoms with Gasteiger partial charge in [0.1, 0.15) is 17.7 Å². The molecule has 0 saturated carbocycles. The van der Waals surface area contributed by atoms with Crippen LogP contribution in [0.1, 0.15) is 23.1 Å². The van der Waals surface area contributed by atoms with E-state index in [1.54, 1.807) is 12.1 Å². The molecule has 0 amide bonds. The lowest BCUT2D eigenvalue weighted by Crippen LogP contribution is -2.30. The summed E-state index contributed by atoms with van der Waals surface area (Å²) in [4.78, 5) is 25.4. The first-order valence-corrected chi connectivity index (χ1v) is 11.7. The standard InChI is InChI=1S/C25H20Cl2N4O4/c26-20-10-18(31-25(34)30-23(33)13-29-31)11-21(27)24(20)35-19-6-7-22(32)16(9-19)12-28-17-5-4-14-2-1-3-15(14)8-17/h4-11,13,28,32H,1-3,12H2,(H,30,33,34). The van der Waals surface area contributed by atoms with Gasteiger partial charge in [0.15, 0.2) is 5.75 Å². The molecule has 3 N–H and O–H groups in total. The summed E-state index contributed by atoms with van der Waals surface area (Å²) in [5.41, 5.74) is 3.31. The van der Waals surface area contributed by atoms with E-state index in [-0.39, 0.29) is 27.2 Å². The molecule has 0 spiro atoms. The van der Waals surface area contributed by atoms with Crippen molar-refractivity contribution in [1.82, 2.24) is 14.8 Å². The van der Waals surface area contributed by atoms with Crippen LogP contribution in [0.5, 0.6) is 17.2 Å². The number of aromatic nitrogens is 3. The number of nitrogens with one attached hydrogen (secondary N) is 2. The van der Waals surface area contributed by atoms with Crippen molar-refractivity contribution in [3.05, 3.63) is 102 Å². The number of hydrogen-bond donors (Lipinski definition) is 3. The highest BCUT2D eigenvalue weighted by Crippen LogP contribution is 2.39. The number of anilines is 1. The van der Waals surface area contributed by atoms with Gasteiger partial charge in [0.25, 0.3) is 5.56 Å². The fourth-order valence-electron chi connectivity index (χ4n) is 4.07. The fraction of sp³-hybridized carbons (Fsp3) is 0.160. The van der Waals surface area contributed by atoms with Gasteiger partial charge in [-0.1, -0.05) is 29.3 Å². The topological polar surface area (TPSA) is 109 Å². The van der Waals surface area contributed by atoms with Gasteiger partial charge in [0, 0.05) is 17.8 Å². The number of rotatable bonds is 6. The van der Waals surface area contributed by atoms with Crippen LogP contribution in [0.15, 0.2) is 64.3 Å². The normalized spacial score (nSPS) is 12.4. The summed E-state index contributed by atoms with van der Waals surface area (Å²) in [5, 5.41) is 17.8. The molecule has 1 aliphatic carbocycles. The van der Waals surface area contributed by atoms with E-state index in [1.165, 1.54) is 35.7 Å². The van der Waals surface area contributed by atoms with E-state index in [4.69, 9.17) is 27.9 Å².